The van der Waals surface area contributed by atoms with E-state index >= 15 is 0 Å². The Morgan fingerprint density at radius 3 is 1.11 bits per heavy atom. The van der Waals surface area contributed by atoms with Crippen molar-refractivity contribution in [3.05, 3.63) is 162 Å². The summed E-state index contributed by atoms with van der Waals surface area (Å²) in [5.74, 6) is 0.857. The zero-order valence-corrected chi connectivity index (χ0v) is 24.5. The Labute approximate surface area is 263 Å². The molecule has 0 radical (unpaired) electrons. The monoisotopic (exact) mass is 608 g/mol. The minimum absolute atomic E-state index is 0.106. The van der Waals surface area contributed by atoms with Gasteiger partial charge >= 0.3 is 0 Å². The third-order valence-electron chi connectivity index (χ3n) is 9.42. The number of hydrogen-bond donors (Lipinski definition) is 0. The highest BCUT2D eigenvalue weighted by Gasteiger charge is 2.19. The SMILES string of the molecule is O=c1c2ccccc2n2c3ccc(Oc4ccc5c(c4)c(=O)c4cccc6c(=O)c7ccccc7n5c64)cc3c(=O)c3cccc1c32. The van der Waals surface area contributed by atoms with Crippen LogP contribution in [0.5, 0.6) is 11.5 Å². The van der Waals surface area contributed by atoms with Gasteiger partial charge in [-0.3, -0.25) is 19.2 Å². The minimum atomic E-state index is -0.197. The summed E-state index contributed by atoms with van der Waals surface area (Å²) in [5, 5.41) is 3.93. The van der Waals surface area contributed by atoms with Crippen LogP contribution in [0, 0.1) is 0 Å². The standard InChI is InChI=1S/C40H20N2O5/c43-37-23-7-1-3-13-31(23)41-33-17-15-21(19-29(33)39(45)27-11-5-9-25(37)35(27)41)47-22-16-18-34-30(20-22)40(46)28-12-6-10-26-36(28)42(34)32-14-4-2-8-24(32)38(26)44/h1-20H. The molecule has 0 saturated heterocycles. The number of pyridine rings is 4. The summed E-state index contributed by atoms with van der Waals surface area (Å²) >= 11 is 0. The average molecular weight is 609 g/mol. The topological polar surface area (TPSA) is 86.3 Å². The van der Waals surface area contributed by atoms with Crippen molar-refractivity contribution >= 4 is 76.2 Å². The molecule has 7 nitrogen and oxygen atoms in total. The molecule has 0 aliphatic carbocycles. The van der Waals surface area contributed by atoms with Crippen LogP contribution < -0.4 is 26.5 Å². The molecule has 10 rings (SSSR count). The van der Waals surface area contributed by atoms with Crippen LogP contribution in [0.2, 0.25) is 0 Å². The summed E-state index contributed by atoms with van der Waals surface area (Å²) in [6, 6.07) is 36.0. The molecule has 0 amide bonds. The largest absolute Gasteiger partial charge is 0.457 e. The molecule has 0 fully saturated rings. The second kappa shape index (κ2) is 8.99. The van der Waals surface area contributed by atoms with Crippen molar-refractivity contribution in [3.8, 4) is 11.5 Å². The molecular weight excluding hydrogens is 588 g/mol. The van der Waals surface area contributed by atoms with E-state index in [4.69, 9.17) is 4.74 Å². The van der Waals surface area contributed by atoms with E-state index in [1.807, 2.05) is 57.3 Å². The molecule has 4 aromatic heterocycles. The number of nitrogens with zero attached hydrogens (tertiary/aromatic N) is 2. The van der Waals surface area contributed by atoms with Crippen LogP contribution in [-0.2, 0) is 0 Å². The zero-order valence-electron chi connectivity index (χ0n) is 24.5. The van der Waals surface area contributed by atoms with Crippen LogP contribution in [-0.4, -0.2) is 8.80 Å². The van der Waals surface area contributed by atoms with Gasteiger partial charge in [0.25, 0.3) is 0 Å². The van der Waals surface area contributed by atoms with Gasteiger partial charge in [-0.15, -0.1) is 0 Å². The molecule has 0 aliphatic rings. The number of rotatable bonds is 2. The molecule has 7 heteroatoms. The van der Waals surface area contributed by atoms with E-state index in [1.165, 1.54) is 0 Å². The van der Waals surface area contributed by atoms with Crippen LogP contribution in [0.4, 0.5) is 0 Å². The fraction of sp³-hybridized carbons (Fsp3) is 0. The summed E-state index contributed by atoms with van der Waals surface area (Å²) in [6.45, 7) is 0. The predicted octanol–water partition coefficient (Wildman–Crippen LogP) is 7.22. The Morgan fingerprint density at radius 2 is 0.681 bits per heavy atom. The zero-order chi connectivity index (χ0) is 31.6. The van der Waals surface area contributed by atoms with Gasteiger partial charge in [0.15, 0.2) is 21.7 Å². The molecule has 0 aliphatic heterocycles. The summed E-state index contributed by atoms with van der Waals surface area (Å²) < 4.78 is 10.3. The lowest BCUT2D eigenvalue weighted by atomic mass is 10.0. The molecule has 47 heavy (non-hydrogen) atoms. The number of para-hydroxylation sites is 4. The number of ether oxygens (including phenoxy) is 1. The van der Waals surface area contributed by atoms with Crippen LogP contribution in [0.1, 0.15) is 0 Å². The first-order chi connectivity index (χ1) is 23.0. The third kappa shape index (κ3) is 3.29. The molecule has 4 heterocycles. The van der Waals surface area contributed by atoms with Crippen molar-refractivity contribution in [2.24, 2.45) is 0 Å². The highest BCUT2D eigenvalue weighted by Crippen LogP contribution is 2.32. The fourth-order valence-corrected chi connectivity index (χ4v) is 7.39. The van der Waals surface area contributed by atoms with Gasteiger partial charge < -0.3 is 13.5 Å². The molecular formula is C40H20N2O5. The molecule has 0 atom stereocenters. The maximum Gasteiger partial charge on any atom is 0.197 e. The smallest absolute Gasteiger partial charge is 0.197 e. The van der Waals surface area contributed by atoms with Crippen LogP contribution >= 0.6 is 0 Å². The normalized spacial score (nSPS) is 12.2. The van der Waals surface area contributed by atoms with Crippen molar-refractivity contribution in [2.75, 3.05) is 0 Å². The summed E-state index contributed by atoms with van der Waals surface area (Å²) in [5.41, 5.74) is 3.35. The van der Waals surface area contributed by atoms with Gasteiger partial charge in [-0.1, -0.05) is 36.4 Å². The Morgan fingerprint density at radius 1 is 0.340 bits per heavy atom. The van der Waals surface area contributed by atoms with Gasteiger partial charge in [0.1, 0.15) is 11.5 Å². The molecule has 10 aromatic rings. The van der Waals surface area contributed by atoms with Crippen LogP contribution in [0.3, 0.4) is 0 Å². The first-order valence-electron chi connectivity index (χ1n) is 15.2. The lowest BCUT2D eigenvalue weighted by molar-refractivity contribution is 0.484. The molecule has 0 unspecified atom stereocenters. The number of aromatic nitrogens is 2. The summed E-state index contributed by atoms with van der Waals surface area (Å²) in [4.78, 5) is 54.5. The highest BCUT2D eigenvalue weighted by molar-refractivity contribution is 6.09. The van der Waals surface area contributed by atoms with E-state index < -0.39 is 0 Å². The minimum Gasteiger partial charge on any atom is -0.457 e. The molecule has 220 valence electrons. The van der Waals surface area contributed by atoms with Gasteiger partial charge in [0.05, 0.1) is 43.9 Å². The Hall–Kier alpha value is -6.60. The van der Waals surface area contributed by atoms with Gasteiger partial charge in [-0.2, -0.15) is 0 Å². The fourth-order valence-electron chi connectivity index (χ4n) is 7.39. The lowest BCUT2D eigenvalue weighted by Gasteiger charge is -2.16. The van der Waals surface area contributed by atoms with Crippen molar-refractivity contribution < 1.29 is 4.74 Å². The molecule has 0 spiro atoms. The maximum absolute atomic E-state index is 13.9. The summed E-state index contributed by atoms with van der Waals surface area (Å²) in [6.07, 6.45) is 0. The average Bonchev–Trinajstić information content (AvgIpc) is 3.11. The van der Waals surface area contributed by atoms with Crippen molar-refractivity contribution in [1.29, 1.82) is 0 Å². The first-order valence-corrected chi connectivity index (χ1v) is 15.2. The van der Waals surface area contributed by atoms with Gasteiger partial charge in [-0.05, 0) is 84.9 Å². The Bertz CT molecular complexity index is 3030. The molecule has 0 saturated carbocycles. The van der Waals surface area contributed by atoms with E-state index in [1.54, 1.807) is 72.8 Å². The van der Waals surface area contributed by atoms with Gasteiger partial charge in [0.2, 0.25) is 0 Å². The quantitative estimate of drug-likeness (QED) is 0.153. The first kappa shape index (κ1) is 25.7. The van der Waals surface area contributed by atoms with Crippen molar-refractivity contribution in [1.82, 2.24) is 8.80 Å². The second-order valence-electron chi connectivity index (χ2n) is 11.9. The third-order valence-corrected chi connectivity index (χ3v) is 9.42. The molecule has 0 N–H and O–H groups in total. The Kier molecular flexibility index (Phi) is 4.91. The van der Waals surface area contributed by atoms with E-state index in [0.29, 0.717) is 76.7 Å². The van der Waals surface area contributed by atoms with Crippen LogP contribution in [0.25, 0.3) is 76.2 Å². The second-order valence-corrected chi connectivity index (χ2v) is 11.9. The lowest BCUT2D eigenvalue weighted by Crippen LogP contribution is -2.14. The van der Waals surface area contributed by atoms with E-state index in [9.17, 15) is 19.2 Å². The van der Waals surface area contributed by atoms with Crippen molar-refractivity contribution in [2.45, 2.75) is 0 Å². The molecule has 0 bridgehead atoms. The summed E-state index contributed by atoms with van der Waals surface area (Å²) in [7, 11) is 0. The number of fused-ring (bicyclic) bond motifs is 8. The van der Waals surface area contributed by atoms with Crippen LogP contribution in [0.15, 0.2) is 141 Å². The van der Waals surface area contributed by atoms with Gasteiger partial charge in [0, 0.05) is 32.3 Å². The number of hydrogen-bond acceptors (Lipinski definition) is 5. The molecule has 6 aromatic carbocycles. The Balaban J connectivity index is 1.21. The van der Waals surface area contributed by atoms with Gasteiger partial charge in [-0.25, -0.2) is 0 Å². The number of benzene rings is 6. The van der Waals surface area contributed by atoms with E-state index in [-0.39, 0.29) is 21.7 Å². The van der Waals surface area contributed by atoms with Crippen molar-refractivity contribution in [3.63, 3.8) is 0 Å². The van der Waals surface area contributed by atoms with E-state index in [0.717, 1.165) is 11.0 Å². The van der Waals surface area contributed by atoms with E-state index in [2.05, 4.69) is 0 Å². The predicted molar refractivity (Wildman–Crippen MR) is 187 cm³/mol. The maximum atomic E-state index is 13.9. The highest BCUT2D eigenvalue weighted by atomic mass is 16.5.